The van der Waals surface area contributed by atoms with E-state index in [9.17, 15) is 4.79 Å². The van der Waals surface area contributed by atoms with E-state index in [2.05, 4.69) is 21.2 Å². The molecule has 0 aliphatic rings. The molecule has 0 unspecified atom stereocenters. The van der Waals surface area contributed by atoms with Crippen LogP contribution in [0.3, 0.4) is 0 Å². The van der Waals surface area contributed by atoms with Gasteiger partial charge < -0.3 is 15.8 Å². The first kappa shape index (κ1) is 14.9. The number of nitrogens with zero attached hydrogens (tertiary/aromatic N) is 1. The average Bonchev–Trinajstić information content (AvgIpc) is 2.48. The van der Waals surface area contributed by atoms with Crippen molar-refractivity contribution in [3.8, 4) is 11.8 Å². The summed E-state index contributed by atoms with van der Waals surface area (Å²) in [7, 11) is 1.50. The summed E-state index contributed by atoms with van der Waals surface area (Å²) in [5.41, 5.74) is 7.32. The van der Waals surface area contributed by atoms with Gasteiger partial charge in [0.15, 0.2) is 0 Å². The van der Waals surface area contributed by atoms with Crippen LogP contribution in [0.5, 0.6) is 5.75 Å². The number of rotatable bonds is 3. The Morgan fingerprint density at radius 2 is 2.10 bits per heavy atom. The lowest BCUT2D eigenvalue weighted by Crippen LogP contribution is -2.13. The summed E-state index contributed by atoms with van der Waals surface area (Å²) < 4.78 is 5.84. The van der Waals surface area contributed by atoms with Crippen LogP contribution < -0.4 is 15.8 Å². The summed E-state index contributed by atoms with van der Waals surface area (Å²) in [6.07, 6.45) is 0. The van der Waals surface area contributed by atoms with Crippen molar-refractivity contribution in [1.82, 2.24) is 0 Å². The molecule has 0 radical (unpaired) electrons. The van der Waals surface area contributed by atoms with E-state index in [1.54, 1.807) is 36.4 Å². The van der Waals surface area contributed by atoms with Crippen LogP contribution in [0.2, 0.25) is 0 Å². The number of nitrogens with one attached hydrogen (secondary N) is 1. The monoisotopic (exact) mass is 345 g/mol. The normalized spacial score (nSPS) is 9.76. The highest BCUT2D eigenvalue weighted by Crippen LogP contribution is 2.23. The van der Waals surface area contributed by atoms with Gasteiger partial charge in [0.05, 0.1) is 18.4 Å². The number of methoxy groups -OCH3 is 1. The Bertz CT molecular complexity index is 738. The summed E-state index contributed by atoms with van der Waals surface area (Å²) in [5, 5.41) is 11.8. The molecule has 0 aromatic heterocycles. The number of nitrogens with two attached hydrogens (primary N) is 1. The minimum atomic E-state index is -0.362. The Balaban J connectivity index is 2.30. The van der Waals surface area contributed by atoms with Gasteiger partial charge in [-0.25, -0.2) is 0 Å². The van der Waals surface area contributed by atoms with Crippen molar-refractivity contribution in [2.75, 3.05) is 18.2 Å². The van der Waals surface area contributed by atoms with Crippen LogP contribution in [0, 0.1) is 11.3 Å². The van der Waals surface area contributed by atoms with E-state index in [0.717, 1.165) is 4.47 Å². The van der Waals surface area contributed by atoms with Gasteiger partial charge in [-0.15, -0.1) is 0 Å². The first-order valence-corrected chi connectivity index (χ1v) is 6.78. The lowest BCUT2D eigenvalue weighted by molar-refractivity contribution is 0.102. The standard InChI is InChI=1S/C15H12BrN3O2/c1-21-13-6-9(5-12(18)7-13)15(20)19-14-3-2-11(16)4-10(14)8-17/h2-7H,18H2,1H3,(H,19,20). The van der Waals surface area contributed by atoms with Crippen molar-refractivity contribution in [3.05, 3.63) is 52.0 Å². The van der Waals surface area contributed by atoms with Gasteiger partial charge in [-0.05, 0) is 30.3 Å². The number of nitrogen functional groups attached to an aromatic ring is 1. The molecule has 0 aliphatic heterocycles. The maximum atomic E-state index is 12.2. The van der Waals surface area contributed by atoms with Crippen LogP contribution in [-0.2, 0) is 0 Å². The Labute approximate surface area is 130 Å². The Morgan fingerprint density at radius 1 is 1.33 bits per heavy atom. The molecule has 0 aliphatic carbocycles. The van der Waals surface area contributed by atoms with Gasteiger partial charge in [-0.1, -0.05) is 15.9 Å². The zero-order valence-electron chi connectivity index (χ0n) is 11.2. The first-order chi connectivity index (χ1) is 10.0. The molecule has 2 rings (SSSR count). The van der Waals surface area contributed by atoms with Crippen molar-refractivity contribution in [2.24, 2.45) is 0 Å². The van der Waals surface area contributed by atoms with E-state index in [4.69, 9.17) is 15.7 Å². The smallest absolute Gasteiger partial charge is 0.255 e. The van der Waals surface area contributed by atoms with Crippen molar-refractivity contribution >= 4 is 33.2 Å². The molecule has 2 aromatic rings. The molecule has 2 aromatic carbocycles. The summed E-state index contributed by atoms with van der Waals surface area (Å²) in [5.74, 6) is 0.135. The van der Waals surface area contributed by atoms with E-state index in [0.29, 0.717) is 28.3 Å². The summed E-state index contributed by atoms with van der Waals surface area (Å²) in [4.78, 5) is 12.2. The van der Waals surface area contributed by atoms with Crippen molar-refractivity contribution in [2.45, 2.75) is 0 Å². The van der Waals surface area contributed by atoms with E-state index in [1.165, 1.54) is 7.11 Å². The third-order valence-corrected chi connectivity index (χ3v) is 3.27. The first-order valence-electron chi connectivity index (χ1n) is 5.99. The van der Waals surface area contributed by atoms with Gasteiger partial charge in [-0.3, -0.25) is 4.79 Å². The zero-order chi connectivity index (χ0) is 15.4. The van der Waals surface area contributed by atoms with Crippen LogP contribution in [0.15, 0.2) is 40.9 Å². The molecule has 5 nitrogen and oxygen atoms in total. The fraction of sp³-hybridized carbons (Fsp3) is 0.0667. The maximum Gasteiger partial charge on any atom is 0.255 e. The number of hydrogen-bond donors (Lipinski definition) is 2. The number of nitriles is 1. The molecular weight excluding hydrogens is 334 g/mol. The number of amides is 1. The number of anilines is 2. The number of hydrogen-bond acceptors (Lipinski definition) is 4. The SMILES string of the molecule is COc1cc(N)cc(C(=O)Nc2ccc(Br)cc2C#N)c1. The predicted octanol–water partition coefficient (Wildman–Crippen LogP) is 3.16. The van der Waals surface area contributed by atoms with Crippen LogP contribution in [-0.4, -0.2) is 13.0 Å². The molecule has 0 bridgehead atoms. The van der Waals surface area contributed by atoms with E-state index >= 15 is 0 Å². The highest BCUT2D eigenvalue weighted by molar-refractivity contribution is 9.10. The fourth-order valence-corrected chi connectivity index (χ4v) is 2.14. The fourth-order valence-electron chi connectivity index (χ4n) is 1.78. The van der Waals surface area contributed by atoms with Gasteiger partial charge in [0.2, 0.25) is 0 Å². The largest absolute Gasteiger partial charge is 0.497 e. The second-order valence-electron chi connectivity index (χ2n) is 4.25. The predicted molar refractivity (Wildman–Crippen MR) is 84.2 cm³/mol. The number of carbonyl (C=O) groups is 1. The van der Waals surface area contributed by atoms with Gasteiger partial charge in [0, 0.05) is 21.8 Å². The topological polar surface area (TPSA) is 88.1 Å². The van der Waals surface area contributed by atoms with Gasteiger partial charge >= 0.3 is 0 Å². The van der Waals surface area contributed by atoms with Crippen LogP contribution >= 0.6 is 15.9 Å². The molecule has 0 heterocycles. The zero-order valence-corrected chi connectivity index (χ0v) is 12.8. The molecule has 21 heavy (non-hydrogen) atoms. The number of benzene rings is 2. The molecular formula is C15H12BrN3O2. The van der Waals surface area contributed by atoms with Crippen molar-refractivity contribution in [1.29, 1.82) is 5.26 Å². The van der Waals surface area contributed by atoms with Crippen LogP contribution in [0.4, 0.5) is 11.4 Å². The Hall–Kier alpha value is -2.52. The number of carbonyl (C=O) groups excluding carboxylic acids is 1. The van der Waals surface area contributed by atoms with Crippen molar-refractivity contribution in [3.63, 3.8) is 0 Å². The second-order valence-corrected chi connectivity index (χ2v) is 5.17. The number of ether oxygens (including phenoxy) is 1. The van der Waals surface area contributed by atoms with E-state index in [-0.39, 0.29) is 5.91 Å². The molecule has 1 amide bonds. The lowest BCUT2D eigenvalue weighted by atomic mass is 10.1. The van der Waals surface area contributed by atoms with E-state index in [1.807, 2.05) is 6.07 Å². The molecule has 0 atom stereocenters. The molecule has 0 saturated carbocycles. The highest BCUT2D eigenvalue weighted by atomic mass is 79.9. The molecule has 6 heteroatoms. The summed E-state index contributed by atoms with van der Waals surface area (Å²) in [6, 6.07) is 11.8. The van der Waals surface area contributed by atoms with Gasteiger partial charge in [0.25, 0.3) is 5.91 Å². The van der Waals surface area contributed by atoms with Gasteiger partial charge in [-0.2, -0.15) is 5.26 Å². The summed E-state index contributed by atoms with van der Waals surface area (Å²) >= 11 is 3.28. The lowest BCUT2D eigenvalue weighted by Gasteiger charge is -2.09. The quantitative estimate of drug-likeness (QED) is 0.836. The average molecular weight is 346 g/mol. The Kier molecular flexibility index (Phi) is 4.45. The third-order valence-electron chi connectivity index (χ3n) is 2.78. The van der Waals surface area contributed by atoms with Crippen LogP contribution in [0.25, 0.3) is 0 Å². The van der Waals surface area contributed by atoms with E-state index < -0.39 is 0 Å². The second kappa shape index (κ2) is 6.29. The van der Waals surface area contributed by atoms with Crippen LogP contribution in [0.1, 0.15) is 15.9 Å². The molecule has 0 saturated heterocycles. The highest BCUT2D eigenvalue weighted by Gasteiger charge is 2.11. The molecule has 0 fully saturated rings. The minimum Gasteiger partial charge on any atom is -0.497 e. The molecule has 3 N–H and O–H groups in total. The molecule has 0 spiro atoms. The van der Waals surface area contributed by atoms with Crippen molar-refractivity contribution < 1.29 is 9.53 Å². The maximum absolute atomic E-state index is 12.2. The van der Waals surface area contributed by atoms with Gasteiger partial charge in [0.1, 0.15) is 11.8 Å². The third kappa shape index (κ3) is 3.52. The minimum absolute atomic E-state index is 0.360. The Morgan fingerprint density at radius 3 is 2.76 bits per heavy atom. The number of halogens is 1. The molecule has 106 valence electrons. The summed E-state index contributed by atoms with van der Waals surface area (Å²) in [6.45, 7) is 0.